The second-order valence-corrected chi connectivity index (χ2v) is 6.79. The monoisotopic (exact) mass is 380 g/mol. The zero-order valence-electron chi connectivity index (χ0n) is 16.8. The zero-order valence-corrected chi connectivity index (χ0v) is 16.8. The van der Waals surface area contributed by atoms with Gasteiger partial charge < -0.3 is 9.47 Å². The van der Waals surface area contributed by atoms with Crippen molar-refractivity contribution in [2.24, 2.45) is 10.2 Å². The summed E-state index contributed by atoms with van der Waals surface area (Å²) in [6.07, 6.45) is 16.6. The van der Waals surface area contributed by atoms with E-state index in [9.17, 15) is 0 Å². The van der Waals surface area contributed by atoms with Gasteiger partial charge in [-0.05, 0) is 68.9 Å². The molecular weight excluding hydrogens is 348 g/mol. The van der Waals surface area contributed by atoms with Crippen LogP contribution in [0.2, 0.25) is 0 Å². The van der Waals surface area contributed by atoms with Gasteiger partial charge in [0.15, 0.2) is 0 Å². The van der Waals surface area contributed by atoms with Crippen LogP contribution >= 0.6 is 0 Å². The summed E-state index contributed by atoms with van der Waals surface area (Å²) in [4.78, 5) is 0. The van der Waals surface area contributed by atoms with Crippen molar-refractivity contribution in [3.8, 4) is 0 Å². The van der Waals surface area contributed by atoms with Crippen LogP contribution in [0, 0.1) is 0 Å². The highest BCUT2D eigenvalue weighted by molar-refractivity contribution is 5.35. The summed E-state index contributed by atoms with van der Waals surface area (Å²) in [5.74, 6) is 0.874. The van der Waals surface area contributed by atoms with Crippen molar-refractivity contribution in [2.45, 2.75) is 50.7 Å². The molecule has 0 aromatic heterocycles. The van der Waals surface area contributed by atoms with Gasteiger partial charge in [-0.1, -0.05) is 30.4 Å². The molecule has 0 aliphatic heterocycles. The van der Waals surface area contributed by atoms with E-state index in [0.717, 1.165) is 50.0 Å². The van der Waals surface area contributed by atoms with Crippen LogP contribution in [0.3, 0.4) is 0 Å². The van der Waals surface area contributed by atoms with Crippen molar-refractivity contribution in [3.63, 3.8) is 0 Å². The van der Waals surface area contributed by atoms with Gasteiger partial charge in [-0.2, -0.15) is 5.11 Å². The molecule has 0 fully saturated rings. The standard InChI is InChI=1S/C24H32N2O2/c1-3-5-7-12-20-27-23-16-18-24(19-17-23,28-21-13-8-6-4-2)26-25-22-14-10-9-11-15-22/h3-4,9-11,14-18H,1-2,5-8,12-13,19-21H2. The number of nitrogens with zero attached hydrogens (tertiary/aromatic N) is 2. The molecule has 1 aliphatic carbocycles. The molecule has 28 heavy (non-hydrogen) atoms. The van der Waals surface area contributed by atoms with E-state index in [1.165, 1.54) is 0 Å². The molecule has 4 heteroatoms. The number of ether oxygens (including phenoxy) is 2. The van der Waals surface area contributed by atoms with Crippen LogP contribution in [0.5, 0.6) is 0 Å². The maximum Gasteiger partial charge on any atom is 0.202 e. The number of rotatable bonds is 14. The molecule has 0 bridgehead atoms. The molecule has 0 N–H and O–H groups in total. The number of benzene rings is 1. The van der Waals surface area contributed by atoms with Crippen molar-refractivity contribution in [3.05, 3.63) is 79.6 Å². The Bertz CT molecular complexity index is 679. The Labute approximate surface area is 169 Å². The van der Waals surface area contributed by atoms with E-state index >= 15 is 0 Å². The zero-order chi connectivity index (χ0) is 19.9. The Balaban J connectivity index is 1.94. The van der Waals surface area contributed by atoms with Gasteiger partial charge in [0, 0.05) is 13.0 Å². The Morgan fingerprint density at radius 1 is 0.964 bits per heavy atom. The van der Waals surface area contributed by atoms with E-state index in [1.807, 2.05) is 60.7 Å². The molecule has 0 radical (unpaired) electrons. The number of allylic oxidation sites excluding steroid dienone is 3. The van der Waals surface area contributed by atoms with Crippen molar-refractivity contribution >= 4 is 5.69 Å². The number of hydrogen-bond donors (Lipinski definition) is 0. The van der Waals surface area contributed by atoms with Gasteiger partial charge in [-0.25, -0.2) is 0 Å². The molecular formula is C24H32N2O2. The Hall–Kier alpha value is -2.46. The van der Waals surface area contributed by atoms with Crippen molar-refractivity contribution < 1.29 is 9.47 Å². The van der Waals surface area contributed by atoms with Crippen LogP contribution in [0.25, 0.3) is 0 Å². The third-order valence-electron chi connectivity index (χ3n) is 4.42. The molecule has 2 rings (SSSR count). The molecule has 0 saturated carbocycles. The first-order valence-electron chi connectivity index (χ1n) is 10.1. The molecule has 1 atom stereocenters. The molecule has 0 spiro atoms. The van der Waals surface area contributed by atoms with Crippen LogP contribution < -0.4 is 0 Å². The third-order valence-corrected chi connectivity index (χ3v) is 4.42. The van der Waals surface area contributed by atoms with E-state index in [0.29, 0.717) is 19.6 Å². The number of hydrogen-bond acceptors (Lipinski definition) is 4. The lowest BCUT2D eigenvalue weighted by atomic mass is 10.0. The van der Waals surface area contributed by atoms with Gasteiger partial charge >= 0.3 is 0 Å². The average molecular weight is 381 g/mol. The summed E-state index contributed by atoms with van der Waals surface area (Å²) in [5, 5.41) is 8.93. The number of azo groups is 1. The normalized spacial score (nSPS) is 18.8. The van der Waals surface area contributed by atoms with Gasteiger partial charge in [-0.3, -0.25) is 0 Å². The summed E-state index contributed by atoms with van der Waals surface area (Å²) in [6.45, 7) is 8.85. The van der Waals surface area contributed by atoms with Crippen LogP contribution in [0.15, 0.2) is 89.9 Å². The van der Waals surface area contributed by atoms with E-state index in [4.69, 9.17) is 9.47 Å². The third kappa shape index (κ3) is 8.05. The quantitative estimate of drug-likeness (QED) is 0.197. The minimum Gasteiger partial charge on any atom is -0.494 e. The summed E-state index contributed by atoms with van der Waals surface area (Å²) in [6, 6.07) is 9.73. The molecule has 0 amide bonds. The fourth-order valence-corrected chi connectivity index (χ4v) is 2.77. The first-order chi connectivity index (χ1) is 13.8. The summed E-state index contributed by atoms with van der Waals surface area (Å²) >= 11 is 0. The molecule has 150 valence electrons. The number of unbranched alkanes of at least 4 members (excludes halogenated alkanes) is 4. The van der Waals surface area contributed by atoms with Crippen LogP contribution in [-0.2, 0) is 9.47 Å². The lowest BCUT2D eigenvalue weighted by Crippen LogP contribution is -2.29. The molecule has 1 aromatic rings. The van der Waals surface area contributed by atoms with Gasteiger partial charge in [-0.15, -0.1) is 18.3 Å². The largest absolute Gasteiger partial charge is 0.494 e. The van der Waals surface area contributed by atoms with Gasteiger partial charge in [0.25, 0.3) is 0 Å². The lowest BCUT2D eigenvalue weighted by molar-refractivity contribution is -0.00870. The topological polar surface area (TPSA) is 43.2 Å². The predicted octanol–water partition coefficient (Wildman–Crippen LogP) is 7.06. The Morgan fingerprint density at radius 2 is 1.68 bits per heavy atom. The molecule has 0 heterocycles. The molecule has 1 aromatic carbocycles. The van der Waals surface area contributed by atoms with Gasteiger partial charge in [0.1, 0.15) is 5.76 Å². The SMILES string of the molecule is C=CCCCCOC1=CCC(N=Nc2ccccc2)(OCCCCC=C)C=C1. The smallest absolute Gasteiger partial charge is 0.202 e. The first kappa shape index (κ1) is 21.8. The fourth-order valence-electron chi connectivity index (χ4n) is 2.77. The van der Waals surface area contributed by atoms with E-state index in [2.05, 4.69) is 23.4 Å². The maximum absolute atomic E-state index is 6.15. The summed E-state index contributed by atoms with van der Waals surface area (Å²) < 4.78 is 12.0. The molecule has 1 aliphatic rings. The summed E-state index contributed by atoms with van der Waals surface area (Å²) in [5.41, 5.74) is 0.0541. The van der Waals surface area contributed by atoms with E-state index < -0.39 is 5.72 Å². The highest BCUT2D eigenvalue weighted by atomic mass is 16.5. The van der Waals surface area contributed by atoms with Crippen LogP contribution in [0.4, 0.5) is 5.69 Å². The van der Waals surface area contributed by atoms with Crippen LogP contribution in [-0.4, -0.2) is 18.9 Å². The van der Waals surface area contributed by atoms with Crippen molar-refractivity contribution in [1.29, 1.82) is 0 Å². The minimum atomic E-state index is -0.764. The molecule has 1 unspecified atom stereocenters. The molecule has 4 nitrogen and oxygen atoms in total. The lowest BCUT2D eigenvalue weighted by Gasteiger charge is -2.27. The van der Waals surface area contributed by atoms with Crippen molar-refractivity contribution in [2.75, 3.05) is 13.2 Å². The highest BCUT2D eigenvalue weighted by Crippen LogP contribution is 2.29. The Kier molecular flexibility index (Phi) is 10.0. The second kappa shape index (κ2) is 12.8. The average Bonchev–Trinajstić information content (AvgIpc) is 2.74. The van der Waals surface area contributed by atoms with Gasteiger partial charge in [0.2, 0.25) is 5.72 Å². The second-order valence-electron chi connectivity index (χ2n) is 6.79. The predicted molar refractivity (Wildman–Crippen MR) is 116 cm³/mol. The first-order valence-corrected chi connectivity index (χ1v) is 10.1. The fraction of sp³-hybridized carbons (Fsp3) is 0.417. The molecule has 0 saturated heterocycles. The van der Waals surface area contributed by atoms with E-state index in [-0.39, 0.29) is 0 Å². The van der Waals surface area contributed by atoms with E-state index in [1.54, 1.807) is 0 Å². The highest BCUT2D eigenvalue weighted by Gasteiger charge is 2.29. The maximum atomic E-state index is 6.15. The van der Waals surface area contributed by atoms with Crippen molar-refractivity contribution in [1.82, 2.24) is 0 Å². The summed E-state index contributed by atoms with van der Waals surface area (Å²) in [7, 11) is 0. The minimum absolute atomic E-state index is 0.614. The van der Waals surface area contributed by atoms with Crippen LogP contribution in [0.1, 0.15) is 44.9 Å². The van der Waals surface area contributed by atoms with Gasteiger partial charge in [0.05, 0.1) is 12.3 Å². The Morgan fingerprint density at radius 3 is 2.32 bits per heavy atom.